The van der Waals surface area contributed by atoms with E-state index in [2.05, 4.69) is 0 Å². The monoisotopic (exact) mass is 269 g/mol. The first-order valence-electron chi connectivity index (χ1n) is 6.36. The zero-order chi connectivity index (χ0) is 13.2. The lowest BCUT2D eigenvalue weighted by Gasteiger charge is -2.21. The Hall–Kier alpha value is -1.07. The van der Waals surface area contributed by atoms with Crippen molar-refractivity contribution < 1.29 is 13.5 Å². The van der Waals surface area contributed by atoms with Crippen molar-refractivity contribution in [1.82, 2.24) is 4.31 Å². The van der Waals surface area contributed by atoms with E-state index in [9.17, 15) is 13.5 Å². The predicted octanol–water partition coefficient (Wildman–Crippen LogP) is 2.35. The van der Waals surface area contributed by atoms with Gasteiger partial charge in [-0.25, -0.2) is 8.42 Å². The topological polar surface area (TPSA) is 57.6 Å². The third-order valence-electron chi connectivity index (χ3n) is 3.11. The molecule has 0 aliphatic heterocycles. The van der Waals surface area contributed by atoms with E-state index in [0.717, 1.165) is 25.7 Å². The van der Waals surface area contributed by atoms with Crippen molar-refractivity contribution in [3.8, 4) is 5.75 Å². The molecule has 0 amide bonds. The van der Waals surface area contributed by atoms with Crippen molar-refractivity contribution in [3.63, 3.8) is 0 Å². The average molecular weight is 269 g/mol. The molecule has 0 aromatic heterocycles. The normalized spacial score (nSPS) is 16.1. The fraction of sp³-hybridized carbons (Fsp3) is 0.538. The van der Waals surface area contributed by atoms with Gasteiger partial charge >= 0.3 is 0 Å². The van der Waals surface area contributed by atoms with Crippen LogP contribution in [0, 0.1) is 0 Å². The quantitative estimate of drug-likeness (QED) is 0.862. The molecule has 0 bridgehead atoms. The second kappa shape index (κ2) is 5.28. The Morgan fingerprint density at radius 2 is 2.11 bits per heavy atom. The fourth-order valence-electron chi connectivity index (χ4n) is 1.95. The van der Waals surface area contributed by atoms with Crippen LogP contribution in [0.1, 0.15) is 32.6 Å². The van der Waals surface area contributed by atoms with Crippen LogP contribution < -0.4 is 0 Å². The molecule has 5 heteroatoms. The summed E-state index contributed by atoms with van der Waals surface area (Å²) in [4.78, 5) is 0.186. The third-order valence-corrected chi connectivity index (χ3v) is 5.06. The van der Waals surface area contributed by atoms with Crippen LogP contribution in [0.4, 0.5) is 0 Å². The number of rotatable bonds is 6. The van der Waals surface area contributed by atoms with Gasteiger partial charge in [-0.3, -0.25) is 0 Å². The van der Waals surface area contributed by atoms with Gasteiger partial charge in [0, 0.05) is 12.6 Å². The molecule has 0 unspecified atom stereocenters. The van der Waals surface area contributed by atoms with E-state index in [-0.39, 0.29) is 16.7 Å². The molecule has 1 saturated carbocycles. The molecule has 0 spiro atoms. The van der Waals surface area contributed by atoms with E-state index in [1.807, 2.05) is 6.92 Å². The highest BCUT2D eigenvalue weighted by Crippen LogP contribution is 2.32. The Bertz CT molecular complexity index is 509. The highest BCUT2D eigenvalue weighted by atomic mass is 32.2. The molecule has 0 heterocycles. The van der Waals surface area contributed by atoms with Crippen molar-refractivity contribution in [2.75, 3.05) is 6.54 Å². The summed E-state index contributed by atoms with van der Waals surface area (Å²) in [7, 11) is -3.46. The van der Waals surface area contributed by atoms with Crippen LogP contribution >= 0.6 is 0 Å². The SMILES string of the molecule is CCCCN(C1CC1)S(=O)(=O)c1cccc(O)c1. The lowest BCUT2D eigenvalue weighted by Crippen LogP contribution is -2.34. The van der Waals surface area contributed by atoms with E-state index in [0.29, 0.717) is 6.54 Å². The first-order valence-corrected chi connectivity index (χ1v) is 7.80. The Kier molecular flexibility index (Phi) is 3.92. The smallest absolute Gasteiger partial charge is 0.243 e. The summed E-state index contributed by atoms with van der Waals surface area (Å²) in [5.41, 5.74) is 0. The lowest BCUT2D eigenvalue weighted by atomic mass is 10.3. The van der Waals surface area contributed by atoms with Crippen molar-refractivity contribution in [3.05, 3.63) is 24.3 Å². The summed E-state index contributed by atoms with van der Waals surface area (Å²) < 4.78 is 26.6. The summed E-state index contributed by atoms with van der Waals surface area (Å²) in [6.07, 6.45) is 3.73. The minimum Gasteiger partial charge on any atom is -0.508 e. The lowest BCUT2D eigenvalue weighted by molar-refractivity contribution is 0.395. The van der Waals surface area contributed by atoms with Crippen LogP contribution in [0.2, 0.25) is 0 Å². The van der Waals surface area contributed by atoms with Gasteiger partial charge in [0.15, 0.2) is 0 Å². The molecule has 1 aliphatic rings. The molecule has 1 aromatic carbocycles. The van der Waals surface area contributed by atoms with Crippen LogP contribution in [0.15, 0.2) is 29.2 Å². The summed E-state index contributed by atoms with van der Waals surface area (Å²) >= 11 is 0. The maximum Gasteiger partial charge on any atom is 0.243 e. The average Bonchev–Trinajstić information content (AvgIpc) is 3.14. The number of hydrogen-bond donors (Lipinski definition) is 1. The molecule has 1 N–H and O–H groups in total. The maximum absolute atomic E-state index is 12.5. The van der Waals surface area contributed by atoms with Gasteiger partial charge in [-0.05, 0) is 37.5 Å². The van der Waals surface area contributed by atoms with E-state index in [1.165, 1.54) is 18.2 Å². The summed E-state index contributed by atoms with van der Waals surface area (Å²) in [6, 6.07) is 6.05. The number of phenolic OH excluding ortho intramolecular Hbond substituents is 1. The van der Waals surface area contributed by atoms with Gasteiger partial charge < -0.3 is 5.11 Å². The molecule has 0 saturated heterocycles. The third kappa shape index (κ3) is 2.84. The molecular weight excluding hydrogens is 250 g/mol. The Balaban J connectivity index is 2.27. The second-order valence-electron chi connectivity index (χ2n) is 4.70. The van der Waals surface area contributed by atoms with E-state index < -0.39 is 10.0 Å². The predicted molar refractivity (Wildman–Crippen MR) is 69.9 cm³/mol. The largest absolute Gasteiger partial charge is 0.508 e. The van der Waals surface area contributed by atoms with Gasteiger partial charge in [-0.2, -0.15) is 4.31 Å². The zero-order valence-electron chi connectivity index (χ0n) is 10.5. The van der Waals surface area contributed by atoms with E-state index in [1.54, 1.807) is 10.4 Å². The molecule has 4 nitrogen and oxygen atoms in total. The highest BCUT2D eigenvalue weighted by Gasteiger charge is 2.37. The number of nitrogens with zero attached hydrogens (tertiary/aromatic N) is 1. The number of phenols is 1. The maximum atomic E-state index is 12.5. The standard InChI is InChI=1S/C13H19NO3S/c1-2-3-9-14(11-7-8-11)18(16,17)13-6-4-5-12(15)10-13/h4-6,10-11,15H,2-3,7-9H2,1H3. The van der Waals surface area contributed by atoms with Crippen LogP contribution in [0.3, 0.4) is 0 Å². The molecular formula is C13H19NO3S. The molecule has 100 valence electrons. The molecule has 1 aromatic rings. The Labute approximate surface area is 108 Å². The minimum atomic E-state index is -3.46. The van der Waals surface area contributed by atoms with E-state index >= 15 is 0 Å². The molecule has 1 aliphatic carbocycles. The highest BCUT2D eigenvalue weighted by molar-refractivity contribution is 7.89. The Morgan fingerprint density at radius 1 is 1.39 bits per heavy atom. The van der Waals surface area contributed by atoms with Gasteiger partial charge in [-0.1, -0.05) is 19.4 Å². The minimum absolute atomic E-state index is 0.0117. The van der Waals surface area contributed by atoms with Crippen LogP contribution in [0.5, 0.6) is 5.75 Å². The van der Waals surface area contributed by atoms with E-state index in [4.69, 9.17) is 0 Å². The molecule has 18 heavy (non-hydrogen) atoms. The molecule has 0 radical (unpaired) electrons. The first kappa shape index (κ1) is 13.4. The zero-order valence-corrected chi connectivity index (χ0v) is 11.4. The summed E-state index contributed by atoms with van der Waals surface area (Å²) in [5.74, 6) is -0.0117. The number of hydrogen-bond acceptors (Lipinski definition) is 3. The number of aromatic hydroxyl groups is 1. The summed E-state index contributed by atoms with van der Waals surface area (Å²) in [6.45, 7) is 2.62. The van der Waals surface area contributed by atoms with Gasteiger partial charge in [0.1, 0.15) is 5.75 Å². The second-order valence-corrected chi connectivity index (χ2v) is 6.59. The summed E-state index contributed by atoms with van der Waals surface area (Å²) in [5, 5.41) is 9.41. The number of unbranched alkanes of at least 4 members (excludes halogenated alkanes) is 1. The van der Waals surface area contributed by atoms with Crippen LogP contribution in [0.25, 0.3) is 0 Å². The number of benzene rings is 1. The van der Waals surface area contributed by atoms with Gasteiger partial charge in [0.05, 0.1) is 4.90 Å². The van der Waals surface area contributed by atoms with Crippen LogP contribution in [-0.2, 0) is 10.0 Å². The molecule has 0 atom stereocenters. The Morgan fingerprint density at radius 3 is 2.67 bits per heavy atom. The van der Waals surface area contributed by atoms with Crippen molar-refractivity contribution in [2.45, 2.75) is 43.5 Å². The first-order chi connectivity index (χ1) is 8.55. The molecule has 1 fully saturated rings. The fourth-order valence-corrected chi connectivity index (χ4v) is 3.72. The van der Waals surface area contributed by atoms with Gasteiger partial charge in [0.25, 0.3) is 0 Å². The van der Waals surface area contributed by atoms with Crippen molar-refractivity contribution in [2.24, 2.45) is 0 Å². The van der Waals surface area contributed by atoms with Crippen molar-refractivity contribution in [1.29, 1.82) is 0 Å². The number of sulfonamides is 1. The van der Waals surface area contributed by atoms with Gasteiger partial charge in [0.2, 0.25) is 10.0 Å². The van der Waals surface area contributed by atoms with Gasteiger partial charge in [-0.15, -0.1) is 0 Å². The molecule has 2 rings (SSSR count). The van der Waals surface area contributed by atoms with Crippen molar-refractivity contribution >= 4 is 10.0 Å². The van der Waals surface area contributed by atoms with Crippen LogP contribution in [-0.4, -0.2) is 30.4 Å².